The zero-order chi connectivity index (χ0) is 17.1. The molecule has 1 aliphatic heterocycles. The van der Waals surface area contributed by atoms with Crippen LogP contribution in [0, 0.1) is 17.1 Å². The van der Waals surface area contributed by atoms with Crippen LogP contribution in [-0.2, 0) is 0 Å². The SMILES string of the molecule is N#Cc1ccc(N2CCN(C(=O)c3ccc(=O)[nH]c3)CC2)c(F)c1. The Labute approximate surface area is 137 Å². The third kappa shape index (κ3) is 3.13. The van der Waals surface area contributed by atoms with E-state index in [-0.39, 0.29) is 17.0 Å². The number of pyridine rings is 1. The standard InChI is InChI=1S/C17H15FN4O2/c18-14-9-12(10-19)1-3-15(14)21-5-7-22(8-6-21)17(24)13-2-4-16(23)20-11-13/h1-4,9,11H,5-8H2,(H,20,23). The average Bonchev–Trinajstić information content (AvgIpc) is 2.62. The third-order valence-electron chi connectivity index (χ3n) is 4.02. The third-order valence-corrected chi connectivity index (χ3v) is 4.02. The van der Waals surface area contributed by atoms with Gasteiger partial charge < -0.3 is 14.8 Å². The molecule has 0 spiro atoms. The number of carbonyl (C=O) groups excluding carboxylic acids is 1. The van der Waals surface area contributed by atoms with Crippen LogP contribution in [0.2, 0.25) is 0 Å². The number of nitriles is 1. The van der Waals surface area contributed by atoms with Gasteiger partial charge in [0.05, 0.1) is 22.9 Å². The first kappa shape index (κ1) is 15.7. The van der Waals surface area contributed by atoms with Crippen LogP contribution >= 0.6 is 0 Å². The number of nitrogens with zero attached hydrogens (tertiary/aromatic N) is 3. The number of piperazine rings is 1. The minimum atomic E-state index is -0.436. The molecular weight excluding hydrogens is 311 g/mol. The monoisotopic (exact) mass is 326 g/mol. The number of hydrogen-bond acceptors (Lipinski definition) is 4. The first-order valence-corrected chi connectivity index (χ1v) is 7.51. The Bertz CT molecular complexity index is 843. The van der Waals surface area contributed by atoms with E-state index < -0.39 is 5.82 Å². The normalized spacial score (nSPS) is 14.3. The summed E-state index contributed by atoms with van der Waals surface area (Å²) in [5.41, 5.74) is 0.883. The summed E-state index contributed by atoms with van der Waals surface area (Å²) in [5.74, 6) is -0.597. The van der Waals surface area contributed by atoms with Crippen LogP contribution in [0.15, 0.2) is 41.3 Å². The molecule has 0 aliphatic carbocycles. The van der Waals surface area contributed by atoms with Crippen LogP contribution in [0.1, 0.15) is 15.9 Å². The minimum Gasteiger partial charge on any atom is -0.366 e. The molecule has 1 aromatic carbocycles. The molecule has 0 atom stereocenters. The van der Waals surface area contributed by atoms with Gasteiger partial charge in [-0.05, 0) is 24.3 Å². The number of hydrogen-bond donors (Lipinski definition) is 1. The van der Waals surface area contributed by atoms with Gasteiger partial charge in [0.1, 0.15) is 5.82 Å². The maximum absolute atomic E-state index is 14.1. The predicted molar refractivity (Wildman–Crippen MR) is 86.3 cm³/mol. The number of anilines is 1. The fraction of sp³-hybridized carbons (Fsp3) is 0.235. The highest BCUT2D eigenvalue weighted by atomic mass is 19.1. The molecule has 122 valence electrons. The van der Waals surface area contributed by atoms with Gasteiger partial charge in [0, 0.05) is 38.4 Å². The van der Waals surface area contributed by atoms with Crippen LogP contribution in [-0.4, -0.2) is 42.0 Å². The Balaban J connectivity index is 1.67. The predicted octanol–water partition coefficient (Wildman–Crippen LogP) is 1.35. The van der Waals surface area contributed by atoms with E-state index in [0.29, 0.717) is 37.4 Å². The van der Waals surface area contributed by atoms with Crippen LogP contribution in [0.3, 0.4) is 0 Å². The van der Waals surface area contributed by atoms with Crippen molar-refractivity contribution in [2.45, 2.75) is 0 Å². The van der Waals surface area contributed by atoms with Gasteiger partial charge in [0.15, 0.2) is 0 Å². The summed E-state index contributed by atoms with van der Waals surface area (Å²) in [7, 11) is 0. The summed E-state index contributed by atoms with van der Waals surface area (Å²) in [6.07, 6.45) is 1.40. The van der Waals surface area contributed by atoms with Crippen molar-refractivity contribution in [3.8, 4) is 6.07 Å². The van der Waals surface area contributed by atoms with Gasteiger partial charge in [0.25, 0.3) is 5.91 Å². The van der Waals surface area contributed by atoms with E-state index in [1.807, 2.05) is 11.0 Å². The first-order valence-electron chi connectivity index (χ1n) is 7.51. The van der Waals surface area contributed by atoms with Crippen LogP contribution in [0.4, 0.5) is 10.1 Å². The van der Waals surface area contributed by atoms with Crippen molar-refractivity contribution >= 4 is 11.6 Å². The largest absolute Gasteiger partial charge is 0.366 e. The van der Waals surface area contributed by atoms with Crippen molar-refractivity contribution < 1.29 is 9.18 Å². The molecule has 1 amide bonds. The second kappa shape index (κ2) is 6.54. The number of benzene rings is 1. The van der Waals surface area contributed by atoms with E-state index >= 15 is 0 Å². The summed E-state index contributed by atoms with van der Waals surface area (Å²) in [5, 5.41) is 8.79. The molecule has 3 rings (SSSR count). The molecule has 1 aromatic heterocycles. The smallest absolute Gasteiger partial charge is 0.255 e. The summed E-state index contributed by atoms with van der Waals surface area (Å²) >= 11 is 0. The number of H-pyrrole nitrogens is 1. The Morgan fingerprint density at radius 1 is 1.17 bits per heavy atom. The lowest BCUT2D eigenvalue weighted by Gasteiger charge is -2.36. The Morgan fingerprint density at radius 2 is 1.92 bits per heavy atom. The zero-order valence-corrected chi connectivity index (χ0v) is 12.8. The van der Waals surface area contributed by atoms with Gasteiger partial charge in [-0.2, -0.15) is 5.26 Å². The van der Waals surface area contributed by atoms with Gasteiger partial charge in [-0.15, -0.1) is 0 Å². The van der Waals surface area contributed by atoms with E-state index in [9.17, 15) is 14.0 Å². The van der Waals surface area contributed by atoms with E-state index in [1.54, 1.807) is 17.0 Å². The van der Waals surface area contributed by atoms with Gasteiger partial charge in [-0.25, -0.2) is 4.39 Å². The highest BCUT2D eigenvalue weighted by molar-refractivity contribution is 5.94. The molecule has 1 fully saturated rings. The second-order valence-electron chi connectivity index (χ2n) is 5.50. The number of aromatic nitrogens is 1. The minimum absolute atomic E-state index is 0.161. The molecule has 6 nitrogen and oxygen atoms in total. The van der Waals surface area contributed by atoms with Crippen molar-refractivity contribution in [3.05, 3.63) is 63.8 Å². The lowest BCUT2D eigenvalue weighted by Crippen LogP contribution is -2.49. The van der Waals surface area contributed by atoms with Crippen LogP contribution in [0.5, 0.6) is 0 Å². The topological polar surface area (TPSA) is 80.2 Å². The maximum atomic E-state index is 14.1. The molecule has 7 heteroatoms. The van der Waals surface area contributed by atoms with Crippen molar-refractivity contribution in [1.82, 2.24) is 9.88 Å². The molecular formula is C17H15FN4O2. The molecule has 2 heterocycles. The maximum Gasteiger partial charge on any atom is 0.255 e. The molecule has 0 unspecified atom stereocenters. The molecule has 24 heavy (non-hydrogen) atoms. The van der Waals surface area contributed by atoms with E-state index in [4.69, 9.17) is 5.26 Å². The van der Waals surface area contributed by atoms with Gasteiger partial charge in [-0.1, -0.05) is 0 Å². The first-order chi connectivity index (χ1) is 11.6. The number of aromatic amines is 1. The number of halogens is 1. The molecule has 0 bridgehead atoms. The molecule has 1 aliphatic rings. The van der Waals surface area contributed by atoms with Crippen LogP contribution in [0.25, 0.3) is 0 Å². The van der Waals surface area contributed by atoms with Gasteiger partial charge in [0.2, 0.25) is 5.56 Å². The Kier molecular flexibility index (Phi) is 4.29. The number of rotatable bonds is 2. The van der Waals surface area contributed by atoms with E-state index in [0.717, 1.165) is 0 Å². The fourth-order valence-corrected chi connectivity index (χ4v) is 2.71. The van der Waals surface area contributed by atoms with Gasteiger partial charge in [-0.3, -0.25) is 9.59 Å². The van der Waals surface area contributed by atoms with Gasteiger partial charge >= 0.3 is 0 Å². The lowest BCUT2D eigenvalue weighted by molar-refractivity contribution is 0.0746. The number of carbonyl (C=O) groups is 1. The molecule has 1 saturated heterocycles. The molecule has 0 saturated carbocycles. The summed E-state index contributed by atoms with van der Waals surface area (Å²) in [4.78, 5) is 29.4. The zero-order valence-electron chi connectivity index (χ0n) is 12.8. The highest BCUT2D eigenvalue weighted by Crippen LogP contribution is 2.22. The molecule has 2 aromatic rings. The van der Waals surface area contributed by atoms with E-state index in [2.05, 4.69) is 4.98 Å². The summed E-state index contributed by atoms with van der Waals surface area (Å²) in [6.45, 7) is 1.91. The molecule has 0 radical (unpaired) electrons. The molecule has 1 N–H and O–H groups in total. The van der Waals surface area contributed by atoms with Crippen molar-refractivity contribution in [2.75, 3.05) is 31.1 Å². The van der Waals surface area contributed by atoms with Crippen molar-refractivity contribution in [1.29, 1.82) is 5.26 Å². The quantitative estimate of drug-likeness (QED) is 0.903. The van der Waals surface area contributed by atoms with Crippen molar-refractivity contribution in [3.63, 3.8) is 0 Å². The van der Waals surface area contributed by atoms with E-state index in [1.165, 1.54) is 24.4 Å². The number of nitrogens with one attached hydrogen (secondary N) is 1. The highest BCUT2D eigenvalue weighted by Gasteiger charge is 2.23. The average molecular weight is 326 g/mol. The Hall–Kier alpha value is -3.14. The van der Waals surface area contributed by atoms with Crippen LogP contribution < -0.4 is 10.5 Å². The number of amides is 1. The Morgan fingerprint density at radius 3 is 2.50 bits per heavy atom. The summed E-state index contributed by atoms with van der Waals surface area (Å²) in [6, 6.07) is 9.10. The summed E-state index contributed by atoms with van der Waals surface area (Å²) < 4.78 is 14.1. The van der Waals surface area contributed by atoms with Crippen molar-refractivity contribution in [2.24, 2.45) is 0 Å². The lowest BCUT2D eigenvalue weighted by atomic mass is 10.1. The fourth-order valence-electron chi connectivity index (χ4n) is 2.71. The second-order valence-corrected chi connectivity index (χ2v) is 5.50.